The normalized spacial score (nSPS) is 21.6. The molecule has 3 N–H and O–H groups in total. The first-order valence-electron chi connectivity index (χ1n) is 7.37. The molecule has 1 aromatic heterocycles. The van der Waals surface area contributed by atoms with Crippen LogP contribution in [-0.2, 0) is 0 Å². The lowest BCUT2D eigenvalue weighted by molar-refractivity contribution is 0.121. The highest BCUT2D eigenvalue weighted by Gasteiger charge is 2.23. The van der Waals surface area contributed by atoms with Gasteiger partial charge >= 0.3 is 0 Å². The van der Waals surface area contributed by atoms with Gasteiger partial charge in [0.05, 0.1) is 11.4 Å². The molecule has 1 aliphatic rings. The van der Waals surface area contributed by atoms with Crippen LogP contribution in [0.15, 0.2) is 0 Å². The van der Waals surface area contributed by atoms with E-state index < -0.39 is 0 Å². The van der Waals surface area contributed by atoms with E-state index in [1.165, 1.54) is 0 Å². The fourth-order valence-corrected chi connectivity index (χ4v) is 2.65. The molecule has 0 bridgehead atoms. The number of aromatic nitrogens is 2. The Hall–Kier alpha value is -1.27. The molecule has 0 aliphatic carbocycles. The number of hydrogen-bond acceptors (Lipinski definition) is 5. The molecular weight excluding hydrogens is 252 g/mol. The van der Waals surface area contributed by atoms with E-state index in [4.69, 9.17) is 5.73 Å². The smallest absolute Gasteiger partial charge is 0.148 e. The van der Waals surface area contributed by atoms with Crippen LogP contribution in [0.3, 0.4) is 0 Å². The Kier molecular flexibility index (Phi) is 4.55. The number of nitrogens with two attached hydrogens (primary N) is 1. The lowest BCUT2D eigenvalue weighted by atomic mass is 10.2. The zero-order chi connectivity index (χ0) is 14.9. The first kappa shape index (κ1) is 15.1. The van der Waals surface area contributed by atoms with Crippen LogP contribution < -0.4 is 11.1 Å². The number of nitrogens with one attached hydrogen (secondary N) is 1. The van der Waals surface area contributed by atoms with Crippen molar-refractivity contribution in [3.63, 3.8) is 0 Å². The second-order valence-corrected chi connectivity index (χ2v) is 6.16. The Bertz CT molecular complexity index is 453. The molecule has 1 fully saturated rings. The van der Waals surface area contributed by atoms with Gasteiger partial charge in [0, 0.05) is 38.3 Å². The van der Waals surface area contributed by atoms with Crippen molar-refractivity contribution in [3.8, 4) is 0 Å². The van der Waals surface area contributed by atoms with E-state index in [9.17, 15) is 0 Å². The topological polar surface area (TPSA) is 62.4 Å². The molecule has 1 aromatic rings. The quantitative estimate of drug-likeness (QED) is 0.862. The summed E-state index contributed by atoms with van der Waals surface area (Å²) in [4.78, 5) is 4.78. The second-order valence-electron chi connectivity index (χ2n) is 6.16. The van der Waals surface area contributed by atoms with Gasteiger partial charge in [0.25, 0.3) is 0 Å². The molecule has 0 amide bonds. The lowest BCUT2D eigenvalue weighted by Gasteiger charge is -2.38. The van der Waals surface area contributed by atoms with Gasteiger partial charge in [0.15, 0.2) is 0 Å². The molecule has 20 heavy (non-hydrogen) atoms. The van der Waals surface area contributed by atoms with Crippen LogP contribution in [0.2, 0.25) is 0 Å². The van der Waals surface area contributed by atoms with Gasteiger partial charge < -0.3 is 16.0 Å². The number of hydrogen-bond donors (Lipinski definition) is 2. The Morgan fingerprint density at radius 1 is 1.35 bits per heavy atom. The van der Waals surface area contributed by atoms with E-state index >= 15 is 0 Å². The maximum absolute atomic E-state index is 6.15. The summed E-state index contributed by atoms with van der Waals surface area (Å²) in [6, 6.07) is 0.809. The van der Waals surface area contributed by atoms with Crippen LogP contribution >= 0.6 is 0 Å². The number of likely N-dealkylation sites (N-methyl/N-ethyl adjacent to an activating group) is 2. The summed E-state index contributed by atoms with van der Waals surface area (Å²) in [5.74, 6) is 0.958. The zero-order valence-electron chi connectivity index (χ0n) is 13.3. The number of anilines is 2. The molecule has 6 nitrogen and oxygen atoms in total. The van der Waals surface area contributed by atoms with Crippen LogP contribution in [0.4, 0.5) is 11.5 Å². The summed E-state index contributed by atoms with van der Waals surface area (Å²) in [6.45, 7) is 10.4. The maximum atomic E-state index is 6.15. The molecule has 2 rings (SSSR count). The van der Waals surface area contributed by atoms with Crippen molar-refractivity contribution in [2.45, 2.75) is 32.9 Å². The summed E-state index contributed by atoms with van der Waals surface area (Å²) in [5, 5.41) is 8.02. The highest BCUT2D eigenvalue weighted by atomic mass is 15.4. The Labute approximate surface area is 121 Å². The minimum atomic E-state index is 0.306. The third-order valence-corrected chi connectivity index (χ3v) is 4.11. The van der Waals surface area contributed by atoms with E-state index in [1.54, 1.807) is 0 Å². The minimum Gasteiger partial charge on any atom is -0.394 e. The van der Waals surface area contributed by atoms with Crippen molar-refractivity contribution >= 4 is 11.5 Å². The molecule has 1 saturated heterocycles. The number of nitrogens with zero attached hydrogens (tertiary/aromatic N) is 4. The first-order valence-corrected chi connectivity index (χ1v) is 7.37. The maximum Gasteiger partial charge on any atom is 0.148 e. The summed E-state index contributed by atoms with van der Waals surface area (Å²) in [6.07, 6.45) is 0. The fourth-order valence-electron chi connectivity index (χ4n) is 2.65. The van der Waals surface area contributed by atoms with Gasteiger partial charge in [-0.25, -0.2) is 4.68 Å². The Morgan fingerprint density at radius 3 is 2.70 bits per heavy atom. The van der Waals surface area contributed by atoms with Crippen molar-refractivity contribution in [1.82, 2.24) is 19.6 Å². The van der Waals surface area contributed by atoms with E-state index in [0.717, 1.165) is 43.4 Å². The largest absolute Gasteiger partial charge is 0.394 e. The van der Waals surface area contributed by atoms with Gasteiger partial charge in [-0.15, -0.1) is 0 Å². The van der Waals surface area contributed by atoms with Gasteiger partial charge in [-0.2, -0.15) is 5.10 Å². The van der Waals surface area contributed by atoms with Crippen LogP contribution in [0, 0.1) is 6.92 Å². The van der Waals surface area contributed by atoms with E-state index in [1.807, 2.05) is 11.6 Å². The van der Waals surface area contributed by atoms with Crippen molar-refractivity contribution in [1.29, 1.82) is 0 Å². The molecule has 1 aliphatic heterocycles. The monoisotopic (exact) mass is 280 g/mol. The lowest BCUT2D eigenvalue weighted by Crippen LogP contribution is -2.52. The van der Waals surface area contributed by atoms with Crippen LogP contribution in [-0.4, -0.2) is 65.9 Å². The van der Waals surface area contributed by atoms with Gasteiger partial charge in [-0.3, -0.25) is 4.90 Å². The summed E-state index contributed by atoms with van der Waals surface area (Å²) >= 11 is 0. The van der Waals surface area contributed by atoms with Crippen molar-refractivity contribution in [3.05, 3.63) is 5.69 Å². The fraction of sp³-hybridized carbons (Fsp3) is 0.786. The van der Waals surface area contributed by atoms with Gasteiger partial charge in [-0.05, 0) is 34.9 Å². The molecule has 2 heterocycles. The molecule has 114 valence electrons. The van der Waals surface area contributed by atoms with E-state index in [-0.39, 0.29) is 0 Å². The van der Waals surface area contributed by atoms with Gasteiger partial charge in [-0.1, -0.05) is 0 Å². The van der Waals surface area contributed by atoms with Crippen molar-refractivity contribution in [2.75, 3.05) is 51.3 Å². The average molecular weight is 280 g/mol. The van der Waals surface area contributed by atoms with Crippen molar-refractivity contribution in [2.24, 2.45) is 0 Å². The molecule has 1 atom stereocenters. The highest BCUT2D eigenvalue weighted by molar-refractivity contribution is 5.65. The number of aryl methyl sites for hydroxylation is 1. The summed E-state index contributed by atoms with van der Waals surface area (Å²) in [5.41, 5.74) is 7.82. The third kappa shape index (κ3) is 3.07. The first-order chi connectivity index (χ1) is 9.40. The highest BCUT2D eigenvalue weighted by Crippen LogP contribution is 2.25. The van der Waals surface area contributed by atoms with Gasteiger partial charge in [0.2, 0.25) is 0 Å². The van der Waals surface area contributed by atoms with Crippen LogP contribution in [0.1, 0.15) is 25.6 Å². The van der Waals surface area contributed by atoms with Crippen LogP contribution in [0.5, 0.6) is 0 Å². The van der Waals surface area contributed by atoms with E-state index in [0.29, 0.717) is 12.1 Å². The third-order valence-electron chi connectivity index (χ3n) is 4.11. The predicted octanol–water partition coefficient (Wildman–Crippen LogP) is 1.01. The van der Waals surface area contributed by atoms with Crippen LogP contribution in [0.25, 0.3) is 0 Å². The number of nitrogen functional groups attached to an aromatic ring is 1. The SMILES string of the molecule is Cc1nn(C(C)C)c(NCC2CN(C)CCN2C)c1N. The molecule has 0 aromatic carbocycles. The predicted molar refractivity (Wildman–Crippen MR) is 84.2 cm³/mol. The molecule has 0 saturated carbocycles. The molecular formula is C14H28N6. The second kappa shape index (κ2) is 6.01. The summed E-state index contributed by atoms with van der Waals surface area (Å²) < 4.78 is 1.98. The molecule has 6 heteroatoms. The molecule has 1 unspecified atom stereocenters. The summed E-state index contributed by atoms with van der Waals surface area (Å²) in [7, 11) is 4.37. The van der Waals surface area contributed by atoms with E-state index in [2.05, 4.69) is 48.2 Å². The minimum absolute atomic E-state index is 0.306. The molecule has 0 radical (unpaired) electrons. The van der Waals surface area contributed by atoms with Crippen molar-refractivity contribution < 1.29 is 0 Å². The average Bonchev–Trinajstić information content (AvgIpc) is 2.67. The van der Waals surface area contributed by atoms with Gasteiger partial charge in [0.1, 0.15) is 5.82 Å². The standard InChI is InChI=1S/C14H28N6/c1-10(2)20-14(13(15)11(3)17-20)16-8-12-9-18(4)6-7-19(12)5/h10,12,16H,6-9,15H2,1-5H3. The Morgan fingerprint density at radius 2 is 2.05 bits per heavy atom. The Balaban J connectivity index is 2.06. The number of piperazine rings is 1. The molecule has 0 spiro atoms. The number of rotatable bonds is 4. The zero-order valence-corrected chi connectivity index (χ0v) is 13.3.